The van der Waals surface area contributed by atoms with Crippen LogP contribution in [-0.4, -0.2) is 25.5 Å². The number of likely N-dealkylation sites (N-methyl/N-ethyl adjacent to an activating group) is 1. The Hall–Kier alpha value is -1.80. The first-order valence-corrected chi connectivity index (χ1v) is 6.63. The average Bonchev–Trinajstić information content (AvgIpc) is 2.39. The van der Waals surface area contributed by atoms with Crippen molar-refractivity contribution in [1.82, 2.24) is 4.90 Å². The molecule has 2 heteroatoms. The topological polar surface area (TPSA) is 12.5 Å². The van der Waals surface area contributed by atoms with Crippen molar-refractivity contribution in [1.29, 1.82) is 0 Å². The smallest absolute Gasteiger partial charge is 0.127 e. The van der Waals surface area contributed by atoms with Crippen LogP contribution in [0, 0.1) is 0 Å². The Bertz CT molecular complexity index is 508. The monoisotopic (exact) mass is 255 g/mol. The highest BCUT2D eigenvalue weighted by Gasteiger charge is 2.08. The molecule has 0 heterocycles. The lowest BCUT2D eigenvalue weighted by atomic mass is 10.0. The summed E-state index contributed by atoms with van der Waals surface area (Å²) in [7, 11) is 4.20. The molecule has 0 aliphatic carbocycles. The second-order valence-electron chi connectivity index (χ2n) is 5.15. The van der Waals surface area contributed by atoms with Gasteiger partial charge >= 0.3 is 0 Å². The van der Waals surface area contributed by atoms with Crippen LogP contribution in [-0.2, 0) is 0 Å². The Morgan fingerprint density at radius 1 is 0.947 bits per heavy atom. The van der Waals surface area contributed by atoms with Crippen molar-refractivity contribution in [2.45, 2.75) is 12.8 Å². The summed E-state index contributed by atoms with van der Waals surface area (Å²) in [6.07, 6.45) is 0. The molecule has 0 amide bonds. The first-order valence-electron chi connectivity index (χ1n) is 6.63. The maximum atomic E-state index is 5.86. The second-order valence-corrected chi connectivity index (χ2v) is 5.15. The summed E-state index contributed by atoms with van der Waals surface area (Å²) < 4.78 is 5.86. The van der Waals surface area contributed by atoms with Gasteiger partial charge in [-0.05, 0) is 49.8 Å². The molecular weight excluding hydrogens is 234 g/mol. The third-order valence-electron chi connectivity index (χ3n) is 3.05. The van der Waals surface area contributed by atoms with Gasteiger partial charge in [0.25, 0.3) is 0 Å². The predicted octanol–water partition coefficient (Wildman–Crippen LogP) is 4.14. The van der Waals surface area contributed by atoms with Crippen molar-refractivity contribution in [2.75, 3.05) is 20.6 Å². The molecule has 2 nitrogen and oxygen atoms in total. The fourth-order valence-electron chi connectivity index (χ4n) is 2.16. The van der Waals surface area contributed by atoms with Gasteiger partial charge < -0.3 is 9.64 Å². The summed E-state index contributed by atoms with van der Waals surface area (Å²) in [5.41, 5.74) is 1.31. The van der Waals surface area contributed by atoms with Crippen LogP contribution in [0.25, 0.3) is 0 Å². The number of nitrogens with zero attached hydrogens (tertiary/aromatic N) is 1. The van der Waals surface area contributed by atoms with Gasteiger partial charge in [-0.2, -0.15) is 0 Å². The van der Waals surface area contributed by atoms with E-state index >= 15 is 0 Å². The maximum absolute atomic E-state index is 5.86. The lowest BCUT2D eigenvalue weighted by molar-refractivity contribution is 0.382. The molecule has 0 fully saturated rings. The summed E-state index contributed by atoms with van der Waals surface area (Å²) in [5.74, 6) is 2.27. The van der Waals surface area contributed by atoms with Gasteiger partial charge in [-0.15, -0.1) is 0 Å². The molecule has 0 saturated carbocycles. The van der Waals surface area contributed by atoms with Gasteiger partial charge in [0.15, 0.2) is 0 Å². The van der Waals surface area contributed by atoms with Crippen LogP contribution in [0.15, 0.2) is 54.6 Å². The number of rotatable bonds is 5. The van der Waals surface area contributed by atoms with Gasteiger partial charge in [-0.1, -0.05) is 37.3 Å². The minimum absolute atomic E-state index is 0.495. The molecule has 0 spiro atoms. The van der Waals surface area contributed by atoms with Gasteiger partial charge in [0.05, 0.1) is 0 Å². The largest absolute Gasteiger partial charge is 0.457 e. The Morgan fingerprint density at radius 2 is 1.63 bits per heavy atom. The first kappa shape index (κ1) is 13.6. The van der Waals surface area contributed by atoms with Gasteiger partial charge in [0, 0.05) is 6.54 Å². The molecule has 100 valence electrons. The summed E-state index contributed by atoms with van der Waals surface area (Å²) in [6, 6.07) is 18.2. The zero-order valence-corrected chi connectivity index (χ0v) is 11.8. The molecule has 2 rings (SSSR count). The zero-order valence-electron chi connectivity index (χ0n) is 11.8. The molecule has 0 N–H and O–H groups in total. The summed E-state index contributed by atoms with van der Waals surface area (Å²) in [6.45, 7) is 3.27. The Kier molecular flexibility index (Phi) is 4.58. The molecular formula is C17H21NO. The van der Waals surface area contributed by atoms with E-state index < -0.39 is 0 Å². The summed E-state index contributed by atoms with van der Waals surface area (Å²) in [4.78, 5) is 2.20. The van der Waals surface area contributed by atoms with Gasteiger partial charge in [0.2, 0.25) is 0 Å². The quantitative estimate of drug-likeness (QED) is 0.796. The predicted molar refractivity (Wildman–Crippen MR) is 79.9 cm³/mol. The molecule has 1 atom stereocenters. The highest BCUT2D eigenvalue weighted by molar-refractivity contribution is 5.35. The minimum Gasteiger partial charge on any atom is -0.457 e. The molecule has 0 aliphatic heterocycles. The maximum Gasteiger partial charge on any atom is 0.127 e. The Morgan fingerprint density at radius 3 is 2.32 bits per heavy atom. The van der Waals surface area contributed by atoms with E-state index in [1.165, 1.54) is 5.56 Å². The van der Waals surface area contributed by atoms with Crippen molar-refractivity contribution in [2.24, 2.45) is 0 Å². The van der Waals surface area contributed by atoms with Crippen LogP contribution in [0.1, 0.15) is 18.4 Å². The lowest BCUT2D eigenvalue weighted by Crippen LogP contribution is -2.18. The molecule has 0 aromatic heterocycles. The van der Waals surface area contributed by atoms with Gasteiger partial charge in [-0.25, -0.2) is 0 Å². The van der Waals surface area contributed by atoms with E-state index in [-0.39, 0.29) is 0 Å². The number of hydrogen-bond donors (Lipinski definition) is 0. The number of hydrogen-bond acceptors (Lipinski definition) is 2. The Labute approximate surface area is 115 Å². The molecule has 0 bridgehead atoms. The van der Waals surface area contributed by atoms with Crippen LogP contribution in [0.5, 0.6) is 11.5 Å². The van der Waals surface area contributed by atoms with E-state index in [0.717, 1.165) is 18.0 Å². The van der Waals surface area contributed by atoms with E-state index in [2.05, 4.69) is 44.1 Å². The number of ether oxygens (including phenoxy) is 1. The Balaban J connectivity index is 2.11. The molecule has 0 aliphatic rings. The molecule has 0 saturated heterocycles. The van der Waals surface area contributed by atoms with Crippen molar-refractivity contribution in [3.63, 3.8) is 0 Å². The molecule has 19 heavy (non-hydrogen) atoms. The van der Waals surface area contributed by atoms with Crippen LogP contribution in [0.3, 0.4) is 0 Å². The second kappa shape index (κ2) is 6.39. The minimum atomic E-state index is 0.495. The normalized spacial score (nSPS) is 12.4. The van der Waals surface area contributed by atoms with Crippen LogP contribution < -0.4 is 4.74 Å². The fraction of sp³-hybridized carbons (Fsp3) is 0.294. The van der Waals surface area contributed by atoms with Crippen molar-refractivity contribution < 1.29 is 4.74 Å². The number of benzene rings is 2. The SMILES string of the molecule is CC(CN(C)C)c1cccc(Oc2ccccc2)c1. The van der Waals surface area contributed by atoms with E-state index in [1.54, 1.807) is 0 Å². The van der Waals surface area contributed by atoms with Crippen LogP contribution in [0.4, 0.5) is 0 Å². The first-order chi connectivity index (χ1) is 9.15. The lowest BCUT2D eigenvalue weighted by Gasteiger charge is -2.18. The van der Waals surface area contributed by atoms with E-state index in [4.69, 9.17) is 4.74 Å². The fourth-order valence-corrected chi connectivity index (χ4v) is 2.16. The van der Waals surface area contributed by atoms with Crippen LogP contribution in [0.2, 0.25) is 0 Å². The van der Waals surface area contributed by atoms with Crippen LogP contribution >= 0.6 is 0 Å². The molecule has 2 aromatic rings. The van der Waals surface area contributed by atoms with Crippen molar-refractivity contribution in [3.8, 4) is 11.5 Å². The summed E-state index contributed by atoms with van der Waals surface area (Å²) in [5, 5.41) is 0. The van der Waals surface area contributed by atoms with E-state index in [0.29, 0.717) is 5.92 Å². The third kappa shape index (κ3) is 4.11. The third-order valence-corrected chi connectivity index (χ3v) is 3.05. The average molecular weight is 255 g/mol. The summed E-state index contributed by atoms with van der Waals surface area (Å²) >= 11 is 0. The van der Waals surface area contributed by atoms with Crippen molar-refractivity contribution >= 4 is 0 Å². The molecule has 2 aromatic carbocycles. The van der Waals surface area contributed by atoms with E-state index in [9.17, 15) is 0 Å². The van der Waals surface area contributed by atoms with Gasteiger partial charge in [0.1, 0.15) is 11.5 Å². The highest BCUT2D eigenvalue weighted by atomic mass is 16.5. The zero-order chi connectivity index (χ0) is 13.7. The van der Waals surface area contributed by atoms with Crippen molar-refractivity contribution in [3.05, 3.63) is 60.2 Å². The molecule has 0 radical (unpaired) electrons. The van der Waals surface area contributed by atoms with E-state index in [1.807, 2.05) is 36.4 Å². The number of para-hydroxylation sites is 1. The standard InChI is InChI=1S/C17H21NO/c1-14(13-18(2)3)15-8-7-11-17(12-15)19-16-9-5-4-6-10-16/h4-12,14H,13H2,1-3H3. The highest BCUT2D eigenvalue weighted by Crippen LogP contribution is 2.25. The van der Waals surface area contributed by atoms with Gasteiger partial charge in [-0.3, -0.25) is 0 Å². The molecule has 1 unspecified atom stereocenters.